The van der Waals surface area contributed by atoms with Crippen LogP contribution in [0.15, 0.2) is 35.9 Å². The van der Waals surface area contributed by atoms with Crippen molar-refractivity contribution < 1.29 is 4.74 Å². The molecule has 0 bridgehead atoms. The van der Waals surface area contributed by atoms with Gasteiger partial charge in [0.25, 0.3) is 0 Å². The zero-order valence-corrected chi connectivity index (χ0v) is 15.1. The molecule has 1 aromatic carbocycles. The van der Waals surface area contributed by atoms with Gasteiger partial charge in [-0.2, -0.15) is 0 Å². The van der Waals surface area contributed by atoms with E-state index in [4.69, 9.17) is 16.3 Å². The second kappa shape index (κ2) is 9.42. The highest BCUT2D eigenvalue weighted by atomic mass is 35.5. The molecule has 2 aliphatic heterocycles. The standard InChI is InChI=1S/C19H28ClN3O/c20-18-5-1-6-19(14-18)23-11-9-22(10-12-23)8-3-7-21-15-17-4-2-13-24-16-17/h1,4-6,14,21H,2-3,7-13,15-16H2. The van der Waals surface area contributed by atoms with E-state index in [1.807, 2.05) is 12.1 Å². The highest BCUT2D eigenvalue weighted by Gasteiger charge is 2.16. The van der Waals surface area contributed by atoms with Gasteiger partial charge in [-0.3, -0.25) is 4.90 Å². The number of rotatable bonds is 7. The number of piperazine rings is 1. The molecule has 0 amide bonds. The van der Waals surface area contributed by atoms with E-state index in [2.05, 4.69) is 33.3 Å². The Morgan fingerprint density at radius 2 is 2.04 bits per heavy atom. The minimum Gasteiger partial charge on any atom is -0.377 e. The number of ether oxygens (including phenoxy) is 1. The zero-order valence-electron chi connectivity index (χ0n) is 14.3. The lowest BCUT2D eigenvalue weighted by molar-refractivity contribution is 0.148. The third-order valence-electron chi connectivity index (χ3n) is 4.71. The summed E-state index contributed by atoms with van der Waals surface area (Å²) >= 11 is 6.09. The van der Waals surface area contributed by atoms with Crippen LogP contribution in [0.3, 0.4) is 0 Å². The van der Waals surface area contributed by atoms with Crippen molar-refractivity contribution in [2.24, 2.45) is 0 Å². The normalized spacial score (nSPS) is 19.4. The molecule has 0 aromatic heterocycles. The van der Waals surface area contributed by atoms with Gasteiger partial charge in [0.2, 0.25) is 0 Å². The summed E-state index contributed by atoms with van der Waals surface area (Å²) in [5, 5.41) is 4.35. The molecule has 5 heteroatoms. The Morgan fingerprint density at radius 1 is 1.17 bits per heavy atom. The largest absolute Gasteiger partial charge is 0.377 e. The highest BCUT2D eigenvalue weighted by molar-refractivity contribution is 6.30. The summed E-state index contributed by atoms with van der Waals surface area (Å²) in [5.41, 5.74) is 2.64. The second-order valence-corrected chi connectivity index (χ2v) is 6.98. The summed E-state index contributed by atoms with van der Waals surface area (Å²) in [6, 6.07) is 8.17. The van der Waals surface area contributed by atoms with Crippen molar-refractivity contribution in [2.45, 2.75) is 12.8 Å². The molecule has 132 valence electrons. The topological polar surface area (TPSA) is 27.7 Å². The fourth-order valence-electron chi connectivity index (χ4n) is 3.31. The molecule has 4 nitrogen and oxygen atoms in total. The SMILES string of the molecule is Clc1cccc(N2CCN(CCCNCC3=CCCOC3)CC2)c1. The molecule has 1 N–H and O–H groups in total. The molecule has 24 heavy (non-hydrogen) atoms. The second-order valence-electron chi connectivity index (χ2n) is 6.54. The Morgan fingerprint density at radius 3 is 2.79 bits per heavy atom. The first kappa shape index (κ1) is 17.7. The number of benzene rings is 1. The molecule has 0 aliphatic carbocycles. The molecule has 0 atom stereocenters. The molecule has 0 unspecified atom stereocenters. The molecule has 0 saturated carbocycles. The van der Waals surface area contributed by atoms with E-state index in [0.717, 1.165) is 63.9 Å². The Balaban J connectivity index is 1.29. The van der Waals surface area contributed by atoms with Crippen LogP contribution in [0.5, 0.6) is 0 Å². The maximum absolute atomic E-state index is 6.09. The third-order valence-corrected chi connectivity index (χ3v) is 4.94. The quantitative estimate of drug-likeness (QED) is 0.605. The molecule has 0 radical (unpaired) electrons. The summed E-state index contributed by atoms with van der Waals surface area (Å²) < 4.78 is 5.46. The first-order valence-electron chi connectivity index (χ1n) is 9.00. The number of hydrogen-bond acceptors (Lipinski definition) is 4. The van der Waals surface area contributed by atoms with Gasteiger partial charge in [0.15, 0.2) is 0 Å². The minimum atomic E-state index is 0.804. The van der Waals surface area contributed by atoms with E-state index in [1.54, 1.807) is 0 Å². The number of nitrogens with one attached hydrogen (secondary N) is 1. The average molecular weight is 350 g/mol. The van der Waals surface area contributed by atoms with Crippen LogP contribution in [0.4, 0.5) is 5.69 Å². The van der Waals surface area contributed by atoms with Gasteiger partial charge in [-0.05, 0) is 49.7 Å². The van der Waals surface area contributed by atoms with Crippen LogP contribution in [0.25, 0.3) is 0 Å². The van der Waals surface area contributed by atoms with Crippen molar-refractivity contribution >= 4 is 17.3 Å². The van der Waals surface area contributed by atoms with E-state index in [-0.39, 0.29) is 0 Å². The average Bonchev–Trinajstić information content (AvgIpc) is 2.63. The molecule has 3 rings (SSSR count). The van der Waals surface area contributed by atoms with Crippen molar-refractivity contribution in [3.05, 3.63) is 40.9 Å². The molecule has 2 aliphatic rings. The molecule has 1 aromatic rings. The van der Waals surface area contributed by atoms with Crippen LogP contribution in [-0.2, 0) is 4.74 Å². The van der Waals surface area contributed by atoms with Gasteiger partial charge in [-0.15, -0.1) is 0 Å². The molecule has 1 saturated heterocycles. The van der Waals surface area contributed by atoms with Gasteiger partial charge >= 0.3 is 0 Å². The number of hydrogen-bond donors (Lipinski definition) is 1. The highest BCUT2D eigenvalue weighted by Crippen LogP contribution is 2.20. The first-order valence-corrected chi connectivity index (χ1v) is 9.38. The van der Waals surface area contributed by atoms with E-state index in [0.29, 0.717) is 0 Å². The van der Waals surface area contributed by atoms with Crippen molar-refractivity contribution in [1.82, 2.24) is 10.2 Å². The zero-order chi connectivity index (χ0) is 16.6. The molecule has 1 fully saturated rings. The van der Waals surface area contributed by atoms with Crippen LogP contribution in [0.1, 0.15) is 12.8 Å². The Hall–Kier alpha value is -1.07. The maximum atomic E-state index is 6.09. The van der Waals surface area contributed by atoms with E-state index < -0.39 is 0 Å². The Labute approximate surface area is 150 Å². The lowest BCUT2D eigenvalue weighted by Gasteiger charge is -2.36. The van der Waals surface area contributed by atoms with E-state index in [1.165, 1.54) is 24.2 Å². The van der Waals surface area contributed by atoms with Gasteiger partial charge < -0.3 is 15.0 Å². The Bertz CT molecular complexity index is 541. The third kappa shape index (κ3) is 5.49. The molecule has 2 heterocycles. The predicted molar refractivity (Wildman–Crippen MR) is 101 cm³/mol. The maximum Gasteiger partial charge on any atom is 0.0689 e. The van der Waals surface area contributed by atoms with Gasteiger partial charge in [-0.25, -0.2) is 0 Å². The predicted octanol–water partition coefficient (Wildman–Crippen LogP) is 2.79. The fourth-order valence-corrected chi connectivity index (χ4v) is 3.50. The smallest absolute Gasteiger partial charge is 0.0689 e. The minimum absolute atomic E-state index is 0.804. The van der Waals surface area contributed by atoms with E-state index >= 15 is 0 Å². The van der Waals surface area contributed by atoms with Gasteiger partial charge in [-0.1, -0.05) is 23.7 Å². The lowest BCUT2D eigenvalue weighted by atomic mass is 10.2. The van der Waals surface area contributed by atoms with Crippen molar-refractivity contribution in [3.8, 4) is 0 Å². The summed E-state index contributed by atoms with van der Waals surface area (Å²) in [7, 11) is 0. The number of nitrogens with zero attached hydrogens (tertiary/aromatic N) is 2. The monoisotopic (exact) mass is 349 g/mol. The van der Waals surface area contributed by atoms with Crippen LogP contribution in [0.2, 0.25) is 5.02 Å². The van der Waals surface area contributed by atoms with Gasteiger partial charge in [0.05, 0.1) is 13.2 Å². The van der Waals surface area contributed by atoms with Crippen molar-refractivity contribution in [3.63, 3.8) is 0 Å². The van der Waals surface area contributed by atoms with Crippen LogP contribution >= 0.6 is 11.6 Å². The Kier molecular flexibility index (Phi) is 6.97. The summed E-state index contributed by atoms with van der Waals surface area (Å²) in [6.07, 6.45) is 4.57. The van der Waals surface area contributed by atoms with Crippen molar-refractivity contribution in [2.75, 3.05) is 63.9 Å². The fraction of sp³-hybridized carbons (Fsp3) is 0.579. The summed E-state index contributed by atoms with van der Waals surface area (Å²) in [4.78, 5) is 4.99. The van der Waals surface area contributed by atoms with Gasteiger partial charge in [0, 0.05) is 43.4 Å². The van der Waals surface area contributed by atoms with Gasteiger partial charge in [0.1, 0.15) is 0 Å². The molecular formula is C19H28ClN3O. The van der Waals surface area contributed by atoms with Crippen molar-refractivity contribution in [1.29, 1.82) is 0 Å². The van der Waals surface area contributed by atoms with Crippen LogP contribution in [-0.4, -0.2) is 63.9 Å². The summed E-state index contributed by atoms with van der Waals surface area (Å²) in [5.74, 6) is 0. The van der Waals surface area contributed by atoms with Crippen LogP contribution in [0, 0.1) is 0 Å². The summed E-state index contributed by atoms with van der Waals surface area (Å²) in [6.45, 7) is 9.33. The number of halogens is 1. The van der Waals surface area contributed by atoms with Crippen LogP contribution < -0.4 is 10.2 Å². The molecule has 0 spiro atoms. The first-order chi connectivity index (χ1) is 11.8. The molecular weight excluding hydrogens is 322 g/mol. The van der Waals surface area contributed by atoms with E-state index in [9.17, 15) is 0 Å². The number of anilines is 1. The lowest BCUT2D eigenvalue weighted by Crippen LogP contribution is -2.47.